The van der Waals surface area contributed by atoms with Crippen LogP contribution in [0.1, 0.15) is 12.5 Å². The highest BCUT2D eigenvalue weighted by Crippen LogP contribution is 2.39. The molecule has 0 amide bonds. The van der Waals surface area contributed by atoms with Crippen molar-refractivity contribution in [3.63, 3.8) is 0 Å². The number of hydrogen-bond acceptors (Lipinski definition) is 2. The molecule has 1 unspecified atom stereocenters. The fourth-order valence-electron chi connectivity index (χ4n) is 1.20. The lowest BCUT2D eigenvalue weighted by molar-refractivity contribution is 0.0388. The first-order chi connectivity index (χ1) is 4.70. The van der Waals surface area contributed by atoms with Crippen LogP contribution in [-0.4, -0.2) is 0 Å². The molecule has 1 aliphatic heterocycles. The molecule has 52 valence electrons. The lowest BCUT2D eigenvalue weighted by Crippen LogP contribution is -2.46. The molecule has 2 nitrogen and oxygen atoms in total. The summed E-state index contributed by atoms with van der Waals surface area (Å²) in [5, 5.41) is 0. The Balaban J connectivity index is 2.53. The number of ether oxygens (including phenoxy) is 1. The molecular formula is C8H9NO. The van der Waals surface area contributed by atoms with Crippen molar-refractivity contribution in [1.82, 2.24) is 0 Å². The van der Waals surface area contributed by atoms with Crippen LogP contribution in [-0.2, 0) is 5.72 Å². The molecule has 0 aromatic heterocycles. The highest BCUT2D eigenvalue weighted by molar-refractivity contribution is 5.44. The molecule has 1 atom stereocenters. The maximum Gasteiger partial charge on any atom is 0.185 e. The molecule has 0 fully saturated rings. The van der Waals surface area contributed by atoms with Crippen molar-refractivity contribution in [2.24, 2.45) is 5.73 Å². The number of benzene rings is 1. The first-order valence-electron chi connectivity index (χ1n) is 3.27. The van der Waals surface area contributed by atoms with E-state index in [1.54, 1.807) is 0 Å². The van der Waals surface area contributed by atoms with Crippen molar-refractivity contribution in [2.45, 2.75) is 12.6 Å². The summed E-state index contributed by atoms with van der Waals surface area (Å²) < 4.78 is 5.25. The van der Waals surface area contributed by atoms with Gasteiger partial charge in [-0.2, -0.15) is 0 Å². The topological polar surface area (TPSA) is 35.2 Å². The molecule has 0 saturated carbocycles. The van der Waals surface area contributed by atoms with Crippen LogP contribution in [0.2, 0.25) is 0 Å². The zero-order valence-electron chi connectivity index (χ0n) is 5.79. The zero-order chi connectivity index (χ0) is 7.19. The minimum Gasteiger partial charge on any atom is -0.468 e. The summed E-state index contributed by atoms with van der Waals surface area (Å²) in [6, 6.07) is 7.81. The molecule has 0 spiro atoms. The third-order valence-electron chi connectivity index (χ3n) is 1.74. The van der Waals surface area contributed by atoms with E-state index < -0.39 is 5.72 Å². The number of para-hydroxylation sites is 1. The van der Waals surface area contributed by atoms with E-state index in [-0.39, 0.29) is 0 Å². The maximum atomic E-state index is 5.71. The van der Waals surface area contributed by atoms with Crippen LogP contribution in [0.4, 0.5) is 0 Å². The first kappa shape index (κ1) is 5.74. The minimum absolute atomic E-state index is 0.545. The van der Waals surface area contributed by atoms with Gasteiger partial charge in [-0.3, -0.25) is 5.73 Å². The second-order valence-electron chi connectivity index (χ2n) is 2.71. The van der Waals surface area contributed by atoms with Gasteiger partial charge in [0, 0.05) is 0 Å². The highest BCUT2D eigenvalue weighted by atomic mass is 16.5. The van der Waals surface area contributed by atoms with Crippen LogP contribution < -0.4 is 10.5 Å². The molecule has 0 radical (unpaired) electrons. The van der Waals surface area contributed by atoms with Crippen LogP contribution in [0.5, 0.6) is 5.75 Å². The van der Waals surface area contributed by atoms with E-state index >= 15 is 0 Å². The van der Waals surface area contributed by atoms with Gasteiger partial charge in [-0.15, -0.1) is 0 Å². The van der Waals surface area contributed by atoms with Crippen molar-refractivity contribution >= 4 is 0 Å². The second-order valence-corrected chi connectivity index (χ2v) is 2.71. The summed E-state index contributed by atoms with van der Waals surface area (Å²) in [6.45, 7) is 1.86. The number of nitrogens with two attached hydrogens (primary N) is 1. The molecule has 0 bridgehead atoms. The van der Waals surface area contributed by atoms with Gasteiger partial charge in [0.2, 0.25) is 0 Å². The van der Waals surface area contributed by atoms with Crippen LogP contribution in [0.25, 0.3) is 0 Å². The Labute approximate surface area is 59.6 Å². The third-order valence-corrected chi connectivity index (χ3v) is 1.74. The van der Waals surface area contributed by atoms with E-state index in [1.807, 2.05) is 31.2 Å². The Morgan fingerprint density at radius 3 is 2.60 bits per heavy atom. The fraction of sp³-hybridized carbons (Fsp3) is 0.250. The van der Waals surface area contributed by atoms with Crippen molar-refractivity contribution in [3.05, 3.63) is 29.8 Å². The van der Waals surface area contributed by atoms with Gasteiger partial charge in [0.25, 0.3) is 0 Å². The van der Waals surface area contributed by atoms with Crippen molar-refractivity contribution in [1.29, 1.82) is 0 Å². The molecule has 1 aliphatic rings. The predicted molar refractivity (Wildman–Crippen MR) is 38.6 cm³/mol. The Hall–Kier alpha value is -1.02. The monoisotopic (exact) mass is 135 g/mol. The lowest BCUT2D eigenvalue weighted by Gasteiger charge is -2.37. The first-order valence-corrected chi connectivity index (χ1v) is 3.27. The molecule has 1 aromatic carbocycles. The van der Waals surface area contributed by atoms with E-state index in [9.17, 15) is 0 Å². The van der Waals surface area contributed by atoms with Crippen molar-refractivity contribution in [2.75, 3.05) is 0 Å². The molecular weight excluding hydrogens is 126 g/mol. The van der Waals surface area contributed by atoms with Gasteiger partial charge in [0.1, 0.15) is 5.75 Å². The summed E-state index contributed by atoms with van der Waals surface area (Å²) in [5.74, 6) is 0.910. The van der Waals surface area contributed by atoms with Crippen LogP contribution in [0.3, 0.4) is 0 Å². The highest BCUT2D eigenvalue weighted by Gasteiger charge is 2.36. The Morgan fingerprint density at radius 1 is 1.40 bits per heavy atom. The summed E-state index contributed by atoms with van der Waals surface area (Å²) in [7, 11) is 0. The van der Waals surface area contributed by atoms with Gasteiger partial charge in [-0.1, -0.05) is 12.1 Å². The van der Waals surface area contributed by atoms with Gasteiger partial charge in [0.15, 0.2) is 5.72 Å². The SMILES string of the molecule is CC1(N)Oc2ccccc21. The molecule has 2 N–H and O–H groups in total. The lowest BCUT2D eigenvalue weighted by atomic mass is 9.99. The second kappa shape index (κ2) is 1.52. The van der Waals surface area contributed by atoms with Crippen LogP contribution >= 0.6 is 0 Å². The van der Waals surface area contributed by atoms with Gasteiger partial charge in [-0.25, -0.2) is 0 Å². The molecule has 2 heteroatoms. The standard InChI is InChI=1S/C8H9NO/c1-8(9)6-4-2-3-5-7(6)10-8/h2-5H,9H2,1H3. The minimum atomic E-state index is -0.545. The average molecular weight is 135 g/mol. The number of fused-ring (bicyclic) bond motifs is 1. The predicted octanol–water partition coefficient (Wildman–Crippen LogP) is 1.21. The number of hydrogen-bond donors (Lipinski definition) is 1. The summed E-state index contributed by atoms with van der Waals surface area (Å²) in [6.07, 6.45) is 0. The largest absolute Gasteiger partial charge is 0.468 e. The van der Waals surface area contributed by atoms with Crippen LogP contribution in [0, 0.1) is 0 Å². The maximum absolute atomic E-state index is 5.71. The smallest absolute Gasteiger partial charge is 0.185 e. The number of rotatable bonds is 0. The van der Waals surface area contributed by atoms with E-state index in [2.05, 4.69) is 0 Å². The van der Waals surface area contributed by atoms with Gasteiger partial charge < -0.3 is 4.74 Å². The van der Waals surface area contributed by atoms with Crippen LogP contribution in [0.15, 0.2) is 24.3 Å². The van der Waals surface area contributed by atoms with Gasteiger partial charge >= 0.3 is 0 Å². The van der Waals surface area contributed by atoms with E-state index in [0.29, 0.717) is 0 Å². The molecule has 10 heavy (non-hydrogen) atoms. The average Bonchev–Trinajstić information content (AvgIpc) is 1.86. The van der Waals surface area contributed by atoms with Gasteiger partial charge in [-0.05, 0) is 19.1 Å². The Kier molecular flexibility index (Phi) is 0.874. The summed E-state index contributed by atoms with van der Waals surface area (Å²) in [5.41, 5.74) is 6.26. The van der Waals surface area contributed by atoms with E-state index in [4.69, 9.17) is 10.5 Å². The third kappa shape index (κ3) is 0.567. The Bertz CT molecular complexity index is 268. The van der Waals surface area contributed by atoms with E-state index in [1.165, 1.54) is 0 Å². The zero-order valence-corrected chi connectivity index (χ0v) is 5.79. The van der Waals surface area contributed by atoms with Gasteiger partial charge in [0.05, 0.1) is 5.56 Å². The molecule has 0 saturated heterocycles. The molecule has 2 rings (SSSR count). The summed E-state index contributed by atoms with van der Waals surface area (Å²) >= 11 is 0. The van der Waals surface area contributed by atoms with Crippen molar-refractivity contribution in [3.8, 4) is 5.75 Å². The quantitative estimate of drug-likeness (QED) is 0.580. The normalized spacial score (nSPS) is 28.2. The fourth-order valence-corrected chi connectivity index (χ4v) is 1.20. The summed E-state index contributed by atoms with van der Waals surface area (Å²) in [4.78, 5) is 0. The van der Waals surface area contributed by atoms with Crippen molar-refractivity contribution < 1.29 is 4.74 Å². The molecule has 1 heterocycles. The molecule has 0 aliphatic carbocycles. The Morgan fingerprint density at radius 2 is 2.10 bits per heavy atom. The van der Waals surface area contributed by atoms with E-state index in [0.717, 1.165) is 11.3 Å². The molecule has 1 aromatic rings.